The molecule has 0 saturated carbocycles. The molecular weight excluding hydrogens is 278 g/mol. The predicted molar refractivity (Wildman–Crippen MR) is 84.4 cm³/mol. The van der Waals surface area contributed by atoms with Crippen molar-refractivity contribution in [1.82, 2.24) is 4.90 Å². The van der Waals surface area contributed by atoms with Crippen LogP contribution in [-0.2, 0) is 0 Å². The van der Waals surface area contributed by atoms with Gasteiger partial charge in [-0.3, -0.25) is 4.79 Å². The van der Waals surface area contributed by atoms with Gasteiger partial charge in [-0.05, 0) is 29.7 Å². The molecule has 0 spiro atoms. The summed E-state index contributed by atoms with van der Waals surface area (Å²) in [5.74, 6) is -0.106. The molecule has 2 unspecified atom stereocenters. The zero-order valence-corrected chi connectivity index (χ0v) is 12.2. The van der Waals surface area contributed by atoms with Crippen molar-refractivity contribution in [1.29, 1.82) is 0 Å². The maximum absolute atomic E-state index is 12.4. The summed E-state index contributed by atoms with van der Waals surface area (Å²) in [5, 5.41) is 19.2. The molecule has 1 amide bonds. The molecule has 114 valence electrons. The number of aliphatic hydroxyl groups is 2. The highest BCUT2D eigenvalue weighted by Crippen LogP contribution is 2.21. The number of carbonyl (C=O) groups excluding carboxylic acids is 1. The van der Waals surface area contributed by atoms with E-state index in [1.54, 1.807) is 4.90 Å². The number of hydrogen-bond donors (Lipinski definition) is 2. The lowest BCUT2D eigenvalue weighted by Gasteiger charge is -2.33. The number of piperidine rings is 1. The third kappa shape index (κ3) is 3.03. The first-order valence-electron chi connectivity index (χ1n) is 7.46. The van der Waals surface area contributed by atoms with Crippen molar-refractivity contribution in [3.8, 4) is 11.1 Å². The summed E-state index contributed by atoms with van der Waals surface area (Å²) in [4.78, 5) is 14.0. The van der Waals surface area contributed by atoms with E-state index in [0.29, 0.717) is 18.5 Å². The number of carbonyl (C=O) groups is 1. The molecule has 4 nitrogen and oxygen atoms in total. The smallest absolute Gasteiger partial charge is 0.253 e. The molecule has 0 aliphatic carbocycles. The first-order valence-corrected chi connectivity index (χ1v) is 7.46. The van der Waals surface area contributed by atoms with Crippen molar-refractivity contribution in [2.75, 3.05) is 13.1 Å². The van der Waals surface area contributed by atoms with Crippen molar-refractivity contribution in [3.63, 3.8) is 0 Å². The Bertz CT molecular complexity index is 639. The molecule has 1 fully saturated rings. The molecule has 4 heteroatoms. The maximum atomic E-state index is 12.4. The van der Waals surface area contributed by atoms with Crippen LogP contribution in [0, 0.1) is 0 Å². The molecule has 0 radical (unpaired) electrons. The second-order valence-electron chi connectivity index (χ2n) is 5.62. The molecule has 1 aliphatic rings. The minimum Gasteiger partial charge on any atom is -0.390 e. The highest BCUT2D eigenvalue weighted by atomic mass is 16.3. The van der Waals surface area contributed by atoms with Crippen molar-refractivity contribution in [2.45, 2.75) is 18.6 Å². The molecule has 0 bridgehead atoms. The van der Waals surface area contributed by atoms with Crippen LogP contribution in [-0.4, -0.2) is 46.3 Å². The summed E-state index contributed by atoms with van der Waals surface area (Å²) in [6.45, 7) is 0.651. The lowest BCUT2D eigenvalue weighted by Crippen LogP contribution is -2.48. The van der Waals surface area contributed by atoms with E-state index >= 15 is 0 Å². The van der Waals surface area contributed by atoms with E-state index in [1.807, 2.05) is 54.6 Å². The average Bonchev–Trinajstić information content (AvgIpc) is 2.58. The minimum atomic E-state index is -0.860. The summed E-state index contributed by atoms with van der Waals surface area (Å²) in [6.07, 6.45) is -1.18. The second kappa shape index (κ2) is 6.30. The number of β-amino-alcohol motifs (C(OH)–C–C–N with tert-alkyl or cyclic N) is 1. The Kier molecular flexibility index (Phi) is 4.22. The van der Waals surface area contributed by atoms with Gasteiger partial charge in [-0.25, -0.2) is 0 Å². The Hall–Kier alpha value is -2.17. The van der Waals surface area contributed by atoms with Crippen LogP contribution in [0.25, 0.3) is 11.1 Å². The number of amides is 1. The van der Waals surface area contributed by atoms with Crippen LogP contribution in [0.1, 0.15) is 16.8 Å². The Labute approximate surface area is 129 Å². The third-order valence-corrected chi connectivity index (χ3v) is 4.07. The molecule has 2 N–H and O–H groups in total. The molecule has 1 saturated heterocycles. The molecule has 3 rings (SSSR count). The van der Waals surface area contributed by atoms with Crippen molar-refractivity contribution in [2.24, 2.45) is 0 Å². The maximum Gasteiger partial charge on any atom is 0.253 e. The molecule has 2 atom stereocenters. The van der Waals surface area contributed by atoms with E-state index in [-0.39, 0.29) is 12.5 Å². The molecule has 0 aromatic heterocycles. The van der Waals surface area contributed by atoms with Crippen molar-refractivity contribution in [3.05, 3.63) is 60.2 Å². The van der Waals surface area contributed by atoms with Crippen LogP contribution in [0.5, 0.6) is 0 Å². The quantitative estimate of drug-likeness (QED) is 0.890. The van der Waals surface area contributed by atoms with Gasteiger partial charge in [0, 0.05) is 18.7 Å². The van der Waals surface area contributed by atoms with Crippen molar-refractivity contribution < 1.29 is 15.0 Å². The van der Waals surface area contributed by atoms with Gasteiger partial charge >= 0.3 is 0 Å². The van der Waals surface area contributed by atoms with Gasteiger partial charge < -0.3 is 15.1 Å². The summed E-state index contributed by atoms with van der Waals surface area (Å²) in [5.41, 5.74) is 2.77. The van der Waals surface area contributed by atoms with Crippen LogP contribution >= 0.6 is 0 Å². The number of aliphatic hydroxyl groups excluding tert-OH is 2. The SMILES string of the molecule is O=C(c1ccc(-c2ccccc2)cc1)N1CCC(O)C(O)C1. The van der Waals surface area contributed by atoms with E-state index in [1.165, 1.54) is 0 Å². The highest BCUT2D eigenvalue weighted by Gasteiger charge is 2.29. The van der Waals surface area contributed by atoms with E-state index in [0.717, 1.165) is 11.1 Å². The molecule has 1 heterocycles. The average molecular weight is 297 g/mol. The largest absolute Gasteiger partial charge is 0.390 e. The second-order valence-corrected chi connectivity index (χ2v) is 5.62. The Morgan fingerprint density at radius 1 is 0.909 bits per heavy atom. The van der Waals surface area contributed by atoms with E-state index in [9.17, 15) is 15.0 Å². The van der Waals surface area contributed by atoms with Gasteiger partial charge in [-0.2, -0.15) is 0 Å². The fourth-order valence-corrected chi connectivity index (χ4v) is 2.72. The van der Waals surface area contributed by atoms with E-state index < -0.39 is 12.2 Å². The number of likely N-dealkylation sites (tertiary alicyclic amines) is 1. The number of benzene rings is 2. The van der Waals surface area contributed by atoms with Crippen LogP contribution in [0.3, 0.4) is 0 Å². The normalized spacial score (nSPS) is 21.6. The lowest BCUT2D eigenvalue weighted by atomic mass is 10.0. The zero-order chi connectivity index (χ0) is 15.5. The Balaban J connectivity index is 1.74. The summed E-state index contributed by atoms with van der Waals surface area (Å²) < 4.78 is 0. The third-order valence-electron chi connectivity index (χ3n) is 4.07. The van der Waals surface area contributed by atoms with Gasteiger partial charge in [0.05, 0.1) is 12.2 Å². The Morgan fingerprint density at radius 2 is 1.55 bits per heavy atom. The van der Waals surface area contributed by atoms with Gasteiger partial charge in [-0.1, -0.05) is 42.5 Å². The Morgan fingerprint density at radius 3 is 2.18 bits per heavy atom. The number of hydrogen-bond acceptors (Lipinski definition) is 3. The van der Waals surface area contributed by atoms with Gasteiger partial charge in [-0.15, -0.1) is 0 Å². The van der Waals surface area contributed by atoms with Crippen LogP contribution in [0.15, 0.2) is 54.6 Å². The highest BCUT2D eigenvalue weighted by molar-refractivity contribution is 5.94. The van der Waals surface area contributed by atoms with Gasteiger partial charge in [0.2, 0.25) is 0 Å². The molecule has 2 aromatic rings. The first kappa shape index (κ1) is 14.8. The first-order chi connectivity index (χ1) is 10.6. The standard InChI is InChI=1S/C18H19NO3/c20-16-10-11-19(12-17(16)21)18(22)15-8-6-14(7-9-15)13-4-2-1-3-5-13/h1-9,16-17,20-21H,10-12H2. The lowest BCUT2D eigenvalue weighted by molar-refractivity contribution is -0.0321. The number of nitrogens with zero attached hydrogens (tertiary/aromatic N) is 1. The van der Waals surface area contributed by atoms with E-state index in [2.05, 4.69) is 0 Å². The summed E-state index contributed by atoms with van der Waals surface area (Å²) in [7, 11) is 0. The van der Waals surface area contributed by atoms with Crippen LogP contribution in [0.2, 0.25) is 0 Å². The van der Waals surface area contributed by atoms with Gasteiger partial charge in [0.15, 0.2) is 0 Å². The van der Waals surface area contributed by atoms with E-state index in [4.69, 9.17) is 0 Å². The van der Waals surface area contributed by atoms with Gasteiger partial charge in [0.25, 0.3) is 5.91 Å². The van der Waals surface area contributed by atoms with Gasteiger partial charge in [0.1, 0.15) is 0 Å². The summed E-state index contributed by atoms with van der Waals surface area (Å²) in [6, 6.07) is 17.5. The molecular formula is C18H19NO3. The zero-order valence-electron chi connectivity index (χ0n) is 12.2. The summed E-state index contributed by atoms with van der Waals surface area (Å²) >= 11 is 0. The predicted octanol–water partition coefficient (Wildman–Crippen LogP) is 1.92. The fraction of sp³-hybridized carbons (Fsp3) is 0.278. The molecule has 22 heavy (non-hydrogen) atoms. The minimum absolute atomic E-state index is 0.106. The topological polar surface area (TPSA) is 60.8 Å². The molecule has 1 aliphatic heterocycles. The van der Waals surface area contributed by atoms with Crippen molar-refractivity contribution >= 4 is 5.91 Å². The molecule has 2 aromatic carbocycles. The monoisotopic (exact) mass is 297 g/mol. The fourth-order valence-electron chi connectivity index (χ4n) is 2.72. The van der Waals surface area contributed by atoms with Crippen LogP contribution in [0.4, 0.5) is 0 Å². The van der Waals surface area contributed by atoms with Crippen LogP contribution < -0.4 is 0 Å². The number of rotatable bonds is 2.